The van der Waals surface area contributed by atoms with Gasteiger partial charge in [0, 0.05) is 10.6 Å². The number of hydrogen-bond donors (Lipinski definition) is 1. The summed E-state index contributed by atoms with van der Waals surface area (Å²) in [5, 5.41) is 0.737. The Morgan fingerprint density at radius 1 is 1.16 bits per heavy atom. The molecule has 5 heteroatoms. The first kappa shape index (κ1) is 17.8. The van der Waals surface area contributed by atoms with Gasteiger partial charge in [0.05, 0.1) is 33.2 Å². The van der Waals surface area contributed by atoms with Crippen LogP contribution < -0.4 is 9.64 Å². The molecule has 0 aliphatic carbocycles. The minimum atomic E-state index is 0.119. The number of quaternary nitrogens is 1. The SMILES string of the molecule is Cc1cc(OCc2ccc(C(=O)N3CC[NH+](C)CC3)cc2)ccc1Cl. The second-order valence-electron chi connectivity index (χ2n) is 6.65. The van der Waals surface area contributed by atoms with E-state index >= 15 is 0 Å². The van der Waals surface area contributed by atoms with Crippen LogP contribution in [0.2, 0.25) is 5.02 Å². The number of carbonyl (C=O) groups is 1. The fraction of sp³-hybridized carbons (Fsp3) is 0.350. The molecule has 4 nitrogen and oxygen atoms in total. The first-order valence-electron chi connectivity index (χ1n) is 8.61. The zero-order valence-electron chi connectivity index (χ0n) is 14.7. The minimum absolute atomic E-state index is 0.119. The van der Waals surface area contributed by atoms with Gasteiger partial charge in [0.1, 0.15) is 12.4 Å². The molecule has 0 atom stereocenters. The van der Waals surface area contributed by atoms with Crippen LogP contribution in [0.5, 0.6) is 5.75 Å². The lowest BCUT2D eigenvalue weighted by Gasteiger charge is -2.30. The largest absolute Gasteiger partial charge is 0.489 e. The molecule has 0 aromatic heterocycles. The average Bonchev–Trinajstić information content (AvgIpc) is 2.63. The molecule has 1 amide bonds. The molecule has 1 saturated heterocycles. The van der Waals surface area contributed by atoms with Crippen LogP contribution in [-0.2, 0) is 6.61 Å². The summed E-state index contributed by atoms with van der Waals surface area (Å²) in [5.41, 5.74) is 2.77. The van der Waals surface area contributed by atoms with Crippen molar-refractivity contribution in [3.63, 3.8) is 0 Å². The summed E-state index contributed by atoms with van der Waals surface area (Å²) in [4.78, 5) is 16.0. The molecule has 3 rings (SSSR count). The molecular weight excluding hydrogens is 336 g/mol. The lowest BCUT2D eigenvalue weighted by Crippen LogP contribution is -3.12. The maximum atomic E-state index is 12.5. The van der Waals surface area contributed by atoms with Gasteiger partial charge in [0.25, 0.3) is 5.91 Å². The van der Waals surface area contributed by atoms with Crippen molar-refractivity contribution in [1.82, 2.24) is 4.90 Å². The van der Waals surface area contributed by atoms with Gasteiger partial charge in [0.15, 0.2) is 0 Å². The average molecular weight is 360 g/mol. The number of piperazine rings is 1. The monoisotopic (exact) mass is 359 g/mol. The van der Waals surface area contributed by atoms with Gasteiger partial charge < -0.3 is 14.5 Å². The number of aryl methyl sites for hydroxylation is 1. The predicted molar refractivity (Wildman–Crippen MR) is 99.5 cm³/mol. The van der Waals surface area contributed by atoms with Crippen LogP contribution in [0.1, 0.15) is 21.5 Å². The number of rotatable bonds is 4. The third-order valence-corrected chi connectivity index (χ3v) is 5.06. The van der Waals surface area contributed by atoms with E-state index in [1.807, 2.05) is 54.3 Å². The molecule has 0 spiro atoms. The Morgan fingerprint density at radius 3 is 2.48 bits per heavy atom. The van der Waals surface area contributed by atoms with Crippen molar-refractivity contribution in [3.8, 4) is 5.75 Å². The topological polar surface area (TPSA) is 34.0 Å². The minimum Gasteiger partial charge on any atom is -0.489 e. The predicted octanol–water partition coefficient (Wildman–Crippen LogP) is 2.20. The molecule has 1 aliphatic heterocycles. The number of benzene rings is 2. The lowest BCUT2D eigenvalue weighted by molar-refractivity contribution is -0.883. The summed E-state index contributed by atoms with van der Waals surface area (Å²) < 4.78 is 5.80. The number of nitrogens with zero attached hydrogens (tertiary/aromatic N) is 1. The molecule has 1 aliphatic rings. The Balaban J connectivity index is 1.58. The highest BCUT2D eigenvalue weighted by Crippen LogP contribution is 2.22. The van der Waals surface area contributed by atoms with Gasteiger partial charge in [-0.2, -0.15) is 0 Å². The van der Waals surface area contributed by atoms with Crippen LogP contribution in [-0.4, -0.2) is 44.0 Å². The number of likely N-dealkylation sites (N-methyl/N-ethyl adjacent to an activating group) is 1. The van der Waals surface area contributed by atoms with Gasteiger partial charge >= 0.3 is 0 Å². The third kappa shape index (κ3) is 4.53. The summed E-state index contributed by atoms with van der Waals surface area (Å²) in [6, 6.07) is 13.3. The van der Waals surface area contributed by atoms with E-state index in [2.05, 4.69) is 7.05 Å². The van der Waals surface area contributed by atoms with Crippen LogP contribution in [0.15, 0.2) is 42.5 Å². The van der Waals surface area contributed by atoms with Crippen LogP contribution >= 0.6 is 11.6 Å². The first-order valence-corrected chi connectivity index (χ1v) is 8.99. The standard InChI is InChI=1S/C20H23ClN2O2/c1-15-13-18(7-8-19(15)21)25-14-16-3-5-17(6-4-16)20(24)23-11-9-22(2)10-12-23/h3-8,13H,9-12,14H2,1-2H3/p+1. The Labute approximate surface area is 154 Å². The highest BCUT2D eigenvalue weighted by molar-refractivity contribution is 6.31. The molecular formula is C20H24ClN2O2+. The molecule has 1 heterocycles. The van der Waals surface area contributed by atoms with E-state index in [1.54, 1.807) is 0 Å². The highest BCUT2D eigenvalue weighted by atomic mass is 35.5. The Morgan fingerprint density at radius 2 is 1.84 bits per heavy atom. The molecule has 0 saturated carbocycles. The summed E-state index contributed by atoms with van der Waals surface area (Å²) >= 11 is 6.02. The van der Waals surface area contributed by atoms with Gasteiger partial charge in [-0.05, 0) is 48.4 Å². The second kappa shape index (κ2) is 7.89. The number of nitrogens with one attached hydrogen (secondary N) is 1. The van der Waals surface area contributed by atoms with E-state index in [0.29, 0.717) is 6.61 Å². The van der Waals surface area contributed by atoms with Crippen molar-refractivity contribution in [2.24, 2.45) is 0 Å². The number of amides is 1. The molecule has 25 heavy (non-hydrogen) atoms. The van der Waals surface area contributed by atoms with Gasteiger partial charge in [-0.3, -0.25) is 4.79 Å². The van der Waals surface area contributed by atoms with Crippen LogP contribution in [0.25, 0.3) is 0 Å². The summed E-state index contributed by atoms with van der Waals surface area (Å²) in [7, 11) is 2.17. The van der Waals surface area contributed by atoms with E-state index in [-0.39, 0.29) is 5.91 Å². The maximum Gasteiger partial charge on any atom is 0.254 e. The maximum absolute atomic E-state index is 12.5. The molecule has 0 bridgehead atoms. The molecule has 0 radical (unpaired) electrons. The summed E-state index contributed by atoms with van der Waals surface area (Å²) in [6.07, 6.45) is 0. The van der Waals surface area contributed by atoms with E-state index in [9.17, 15) is 4.79 Å². The molecule has 2 aromatic carbocycles. The van der Waals surface area contributed by atoms with Crippen molar-refractivity contribution in [1.29, 1.82) is 0 Å². The van der Waals surface area contributed by atoms with E-state index in [0.717, 1.165) is 53.6 Å². The van der Waals surface area contributed by atoms with E-state index < -0.39 is 0 Å². The molecule has 132 valence electrons. The fourth-order valence-electron chi connectivity index (χ4n) is 2.89. The van der Waals surface area contributed by atoms with Gasteiger partial charge in [0.2, 0.25) is 0 Å². The van der Waals surface area contributed by atoms with Gasteiger partial charge in [-0.15, -0.1) is 0 Å². The smallest absolute Gasteiger partial charge is 0.254 e. The summed E-state index contributed by atoms with van der Waals surface area (Å²) in [5.74, 6) is 0.912. The highest BCUT2D eigenvalue weighted by Gasteiger charge is 2.22. The fourth-order valence-corrected chi connectivity index (χ4v) is 3.01. The number of carbonyl (C=O) groups excluding carboxylic acids is 1. The number of ether oxygens (including phenoxy) is 1. The number of halogens is 1. The zero-order valence-corrected chi connectivity index (χ0v) is 15.5. The van der Waals surface area contributed by atoms with Crippen molar-refractivity contribution in [2.75, 3.05) is 33.2 Å². The van der Waals surface area contributed by atoms with Crippen LogP contribution in [0.3, 0.4) is 0 Å². The molecule has 1 N–H and O–H groups in total. The zero-order chi connectivity index (χ0) is 17.8. The van der Waals surface area contributed by atoms with Crippen molar-refractivity contribution < 1.29 is 14.4 Å². The second-order valence-corrected chi connectivity index (χ2v) is 7.05. The molecule has 2 aromatic rings. The lowest BCUT2D eigenvalue weighted by atomic mass is 10.1. The van der Waals surface area contributed by atoms with Crippen LogP contribution in [0.4, 0.5) is 0 Å². The van der Waals surface area contributed by atoms with E-state index in [1.165, 1.54) is 4.90 Å². The molecule has 1 fully saturated rings. The van der Waals surface area contributed by atoms with Crippen LogP contribution in [0, 0.1) is 6.92 Å². The quantitative estimate of drug-likeness (QED) is 0.908. The number of hydrogen-bond acceptors (Lipinski definition) is 2. The van der Waals surface area contributed by atoms with Gasteiger partial charge in [-0.1, -0.05) is 23.7 Å². The Hall–Kier alpha value is -2.04. The Bertz CT molecular complexity index is 738. The van der Waals surface area contributed by atoms with E-state index in [4.69, 9.17) is 16.3 Å². The Kier molecular flexibility index (Phi) is 5.61. The van der Waals surface area contributed by atoms with Crippen molar-refractivity contribution in [3.05, 3.63) is 64.2 Å². The third-order valence-electron chi connectivity index (χ3n) is 4.64. The van der Waals surface area contributed by atoms with Gasteiger partial charge in [-0.25, -0.2) is 0 Å². The van der Waals surface area contributed by atoms with Crippen molar-refractivity contribution >= 4 is 17.5 Å². The first-order chi connectivity index (χ1) is 12.0. The summed E-state index contributed by atoms with van der Waals surface area (Å²) in [6.45, 7) is 6.09. The van der Waals surface area contributed by atoms with Crippen molar-refractivity contribution in [2.45, 2.75) is 13.5 Å². The molecule has 0 unspecified atom stereocenters. The normalized spacial score (nSPS) is 15.2.